The van der Waals surface area contributed by atoms with Gasteiger partial charge in [0.25, 0.3) is 0 Å². The number of alkyl halides is 4. The highest BCUT2D eigenvalue weighted by Crippen LogP contribution is 2.39. The molecule has 18 heavy (non-hydrogen) atoms. The largest absolute Gasteiger partial charge is 0.493 e. The van der Waals surface area contributed by atoms with Gasteiger partial charge in [-0.15, -0.1) is 0 Å². The maximum absolute atomic E-state index is 12.8. The summed E-state index contributed by atoms with van der Waals surface area (Å²) in [4.78, 5) is 10.4. The lowest BCUT2D eigenvalue weighted by Gasteiger charge is -2.15. The van der Waals surface area contributed by atoms with Crippen LogP contribution in [-0.2, 0) is 11.0 Å². The van der Waals surface area contributed by atoms with Gasteiger partial charge in [-0.1, -0.05) is 22.0 Å². The molecule has 0 N–H and O–H groups in total. The van der Waals surface area contributed by atoms with Crippen molar-refractivity contribution in [3.63, 3.8) is 0 Å². The Morgan fingerprint density at radius 2 is 2.06 bits per heavy atom. The van der Waals surface area contributed by atoms with E-state index in [1.165, 1.54) is 19.1 Å². The number of carbonyl (C=O) groups is 1. The quantitative estimate of drug-likeness (QED) is 0.778. The lowest BCUT2D eigenvalue weighted by atomic mass is 10.0. The number of hydrogen-bond donors (Lipinski definition) is 0. The minimum absolute atomic E-state index is 0.146. The molecule has 0 spiro atoms. The van der Waals surface area contributed by atoms with E-state index in [4.69, 9.17) is 4.74 Å². The first kappa shape index (κ1) is 15.0. The van der Waals surface area contributed by atoms with Crippen LogP contribution in [0.5, 0.6) is 5.75 Å². The van der Waals surface area contributed by atoms with E-state index in [0.29, 0.717) is 0 Å². The van der Waals surface area contributed by atoms with Crippen LogP contribution >= 0.6 is 15.9 Å². The Morgan fingerprint density at radius 3 is 2.50 bits per heavy atom. The van der Waals surface area contributed by atoms with Crippen LogP contribution in [-0.4, -0.2) is 12.4 Å². The maximum atomic E-state index is 12.8. The molecule has 0 fully saturated rings. The first-order chi connectivity index (χ1) is 8.27. The Labute approximate surface area is 111 Å². The van der Waals surface area contributed by atoms with Crippen molar-refractivity contribution < 1.29 is 22.7 Å². The van der Waals surface area contributed by atoms with Gasteiger partial charge in [0.05, 0.1) is 17.0 Å². The maximum Gasteiger partial charge on any atom is 0.419 e. The highest BCUT2D eigenvalue weighted by Gasteiger charge is 2.35. The third kappa shape index (κ3) is 3.48. The Balaban J connectivity index is 3.25. The number of ketones is 1. The lowest BCUT2D eigenvalue weighted by molar-refractivity contribution is -0.139. The molecule has 0 bridgehead atoms. The highest BCUT2D eigenvalue weighted by atomic mass is 79.9. The first-order valence-corrected chi connectivity index (χ1v) is 6.17. The summed E-state index contributed by atoms with van der Waals surface area (Å²) in [5.41, 5.74) is -0.606. The lowest BCUT2D eigenvalue weighted by Crippen LogP contribution is -2.11. The van der Waals surface area contributed by atoms with Gasteiger partial charge in [0.2, 0.25) is 0 Å². The Morgan fingerprint density at radius 1 is 1.44 bits per heavy atom. The summed E-state index contributed by atoms with van der Waals surface area (Å²) in [7, 11) is 0. The van der Waals surface area contributed by atoms with Gasteiger partial charge < -0.3 is 4.74 Å². The summed E-state index contributed by atoms with van der Waals surface area (Å²) in [5, 5.41) is 0. The fourth-order valence-electron chi connectivity index (χ4n) is 1.44. The van der Waals surface area contributed by atoms with E-state index in [-0.39, 0.29) is 23.7 Å². The Hall–Kier alpha value is -1.04. The zero-order valence-electron chi connectivity index (χ0n) is 9.84. The molecule has 1 aromatic carbocycles. The zero-order chi connectivity index (χ0) is 13.9. The standard InChI is InChI=1S/C12H12BrF3O2/c1-3-18-10-5-4-8(11(13)7(2)17)6-9(10)12(14,15)16/h4-6,11H,3H2,1-2H3. The van der Waals surface area contributed by atoms with E-state index in [0.717, 1.165) is 6.07 Å². The van der Waals surface area contributed by atoms with Gasteiger partial charge in [0.1, 0.15) is 11.5 Å². The molecular weight excluding hydrogens is 313 g/mol. The molecule has 0 radical (unpaired) electrons. The van der Waals surface area contributed by atoms with E-state index in [9.17, 15) is 18.0 Å². The van der Waals surface area contributed by atoms with Gasteiger partial charge in [-0.25, -0.2) is 0 Å². The first-order valence-electron chi connectivity index (χ1n) is 5.25. The molecule has 0 saturated carbocycles. The second kappa shape index (κ2) is 5.73. The average Bonchev–Trinajstić information content (AvgIpc) is 2.27. The smallest absolute Gasteiger partial charge is 0.419 e. The molecule has 0 amide bonds. The monoisotopic (exact) mass is 324 g/mol. The summed E-state index contributed by atoms with van der Waals surface area (Å²) < 4.78 is 43.4. The van der Waals surface area contributed by atoms with E-state index in [1.54, 1.807) is 6.92 Å². The van der Waals surface area contributed by atoms with Crippen molar-refractivity contribution in [2.75, 3.05) is 6.61 Å². The van der Waals surface area contributed by atoms with Crippen molar-refractivity contribution in [3.05, 3.63) is 29.3 Å². The predicted molar refractivity (Wildman–Crippen MR) is 65.0 cm³/mol. The van der Waals surface area contributed by atoms with Crippen LogP contribution in [0.3, 0.4) is 0 Å². The summed E-state index contributed by atoms with van der Waals surface area (Å²) in [6.45, 7) is 3.06. The van der Waals surface area contributed by atoms with Crippen molar-refractivity contribution in [1.82, 2.24) is 0 Å². The molecule has 100 valence electrons. The third-order valence-electron chi connectivity index (χ3n) is 2.26. The average molecular weight is 325 g/mol. The second-order valence-corrected chi connectivity index (χ2v) is 4.58. The van der Waals surface area contributed by atoms with Gasteiger partial charge in [-0.05, 0) is 31.5 Å². The molecule has 0 aliphatic rings. The molecular formula is C12H12BrF3O2. The van der Waals surface area contributed by atoms with E-state index >= 15 is 0 Å². The fourth-order valence-corrected chi connectivity index (χ4v) is 1.73. The molecule has 0 aliphatic heterocycles. The van der Waals surface area contributed by atoms with Crippen LogP contribution in [0, 0.1) is 0 Å². The molecule has 1 rings (SSSR count). The van der Waals surface area contributed by atoms with E-state index in [1.807, 2.05) is 0 Å². The molecule has 0 aliphatic carbocycles. The summed E-state index contributed by atoms with van der Waals surface area (Å²) in [5.74, 6) is -0.482. The van der Waals surface area contributed by atoms with Crippen molar-refractivity contribution in [2.24, 2.45) is 0 Å². The van der Waals surface area contributed by atoms with Crippen molar-refractivity contribution in [1.29, 1.82) is 0 Å². The molecule has 6 heteroatoms. The Bertz CT molecular complexity index is 443. The number of halogens is 4. The summed E-state index contributed by atoms with van der Waals surface area (Å²) in [6, 6.07) is 3.62. The molecule has 1 unspecified atom stereocenters. The molecule has 2 nitrogen and oxygen atoms in total. The number of hydrogen-bond acceptors (Lipinski definition) is 2. The van der Waals surface area contributed by atoms with Crippen molar-refractivity contribution >= 4 is 21.7 Å². The molecule has 0 saturated heterocycles. The number of benzene rings is 1. The molecule has 0 heterocycles. The van der Waals surface area contributed by atoms with Crippen molar-refractivity contribution in [2.45, 2.75) is 24.9 Å². The third-order valence-corrected chi connectivity index (χ3v) is 3.43. The topological polar surface area (TPSA) is 26.3 Å². The second-order valence-electron chi connectivity index (χ2n) is 3.66. The number of carbonyl (C=O) groups excluding carboxylic acids is 1. The predicted octanol–water partition coefficient (Wildman–Crippen LogP) is 4.13. The van der Waals surface area contributed by atoms with Crippen molar-refractivity contribution in [3.8, 4) is 5.75 Å². The van der Waals surface area contributed by atoms with Crippen LogP contribution in [0.1, 0.15) is 29.8 Å². The van der Waals surface area contributed by atoms with Crippen LogP contribution in [0.25, 0.3) is 0 Å². The molecule has 1 atom stereocenters. The SMILES string of the molecule is CCOc1ccc(C(Br)C(C)=O)cc1C(F)(F)F. The minimum atomic E-state index is -4.51. The Kier molecular flexibility index (Phi) is 4.78. The summed E-state index contributed by atoms with van der Waals surface area (Å²) >= 11 is 3.06. The number of ether oxygens (including phenoxy) is 1. The highest BCUT2D eigenvalue weighted by molar-refractivity contribution is 9.09. The van der Waals surface area contributed by atoms with Gasteiger partial charge in [-0.3, -0.25) is 4.79 Å². The molecule has 1 aromatic rings. The van der Waals surface area contributed by atoms with Gasteiger partial charge in [0, 0.05) is 0 Å². The van der Waals surface area contributed by atoms with Gasteiger partial charge >= 0.3 is 6.18 Å². The van der Waals surface area contributed by atoms with Crippen LogP contribution in [0.15, 0.2) is 18.2 Å². The van der Waals surface area contributed by atoms with E-state index < -0.39 is 16.6 Å². The van der Waals surface area contributed by atoms with Crippen LogP contribution < -0.4 is 4.74 Å². The fraction of sp³-hybridized carbons (Fsp3) is 0.417. The van der Waals surface area contributed by atoms with Gasteiger partial charge in [-0.2, -0.15) is 13.2 Å². The number of rotatable bonds is 4. The van der Waals surface area contributed by atoms with Crippen LogP contribution in [0.4, 0.5) is 13.2 Å². The zero-order valence-corrected chi connectivity index (χ0v) is 11.4. The minimum Gasteiger partial charge on any atom is -0.493 e. The summed E-state index contributed by atoms with van der Waals surface area (Å²) in [6.07, 6.45) is -4.51. The molecule has 0 aromatic heterocycles. The van der Waals surface area contributed by atoms with Gasteiger partial charge in [0.15, 0.2) is 0 Å². The van der Waals surface area contributed by atoms with Crippen LogP contribution in [0.2, 0.25) is 0 Å². The number of Topliss-reactive ketones (excluding diaryl/α,β-unsaturated/α-hetero) is 1. The normalized spacial score (nSPS) is 13.2. The van der Waals surface area contributed by atoms with E-state index in [2.05, 4.69) is 15.9 Å².